The summed E-state index contributed by atoms with van der Waals surface area (Å²) >= 11 is 0. The van der Waals surface area contributed by atoms with E-state index in [1.807, 2.05) is 12.1 Å². The van der Waals surface area contributed by atoms with Crippen LogP contribution in [0.15, 0.2) is 42.5 Å². The van der Waals surface area contributed by atoms with Crippen molar-refractivity contribution in [3.05, 3.63) is 42.5 Å². The molecule has 0 atom stereocenters. The topological polar surface area (TPSA) is 54.4 Å². The molecule has 2 aliphatic carbocycles. The number of phenols is 1. The molecule has 0 heterocycles. The van der Waals surface area contributed by atoms with Crippen LogP contribution in [0.3, 0.4) is 0 Å². The van der Waals surface area contributed by atoms with E-state index in [1.54, 1.807) is 30.3 Å². The molecule has 21 heavy (non-hydrogen) atoms. The van der Waals surface area contributed by atoms with Crippen molar-refractivity contribution in [2.75, 3.05) is 0 Å². The highest BCUT2D eigenvalue weighted by atomic mass is 16.3. The molecule has 0 amide bonds. The molecule has 1 aromatic rings. The number of rotatable bonds is 0. The van der Waals surface area contributed by atoms with Crippen LogP contribution in [0.2, 0.25) is 0 Å². The van der Waals surface area contributed by atoms with Gasteiger partial charge in [0.1, 0.15) is 11.5 Å². The Bertz CT molecular complexity index is 441. The summed E-state index contributed by atoms with van der Waals surface area (Å²) in [5.41, 5.74) is 0. The fourth-order valence-electron chi connectivity index (χ4n) is 2.07. The van der Waals surface area contributed by atoms with Crippen molar-refractivity contribution in [2.24, 2.45) is 0 Å². The Hall–Kier alpha value is -1.90. The van der Waals surface area contributed by atoms with Gasteiger partial charge in [-0.15, -0.1) is 0 Å². The molecule has 1 aromatic carbocycles. The summed E-state index contributed by atoms with van der Waals surface area (Å²) in [7, 11) is 0. The fourth-order valence-corrected chi connectivity index (χ4v) is 2.07. The number of benzene rings is 1. The number of phenolic OH excluding ortho intramolecular Hbond substituents is 1. The lowest BCUT2D eigenvalue weighted by atomic mass is 10.00. The Morgan fingerprint density at radius 2 is 1.48 bits per heavy atom. The third-order valence-electron chi connectivity index (χ3n) is 3.27. The predicted molar refractivity (Wildman–Crippen MR) is 84.2 cm³/mol. The zero-order valence-electron chi connectivity index (χ0n) is 12.5. The third-order valence-corrected chi connectivity index (χ3v) is 3.27. The predicted octanol–water partition coefficient (Wildman–Crippen LogP) is 4.21. The number of hydrogen-bond acceptors (Lipinski definition) is 3. The molecule has 3 nitrogen and oxygen atoms in total. The van der Waals surface area contributed by atoms with Crippen molar-refractivity contribution >= 4 is 11.6 Å². The minimum absolute atomic E-state index is 0.284. The van der Waals surface area contributed by atoms with Crippen molar-refractivity contribution in [3.63, 3.8) is 0 Å². The molecule has 1 fully saturated rings. The standard InChI is InChI=1S/C6H10O.C6H8O.C6H6O/c3*7-6-4-2-1-3-5-6/h1-5H2;2,4H,1,3,5H2;1-5,7H. The Morgan fingerprint density at radius 1 is 0.810 bits per heavy atom. The van der Waals surface area contributed by atoms with E-state index in [4.69, 9.17) is 5.11 Å². The van der Waals surface area contributed by atoms with Crippen LogP contribution in [0.25, 0.3) is 0 Å². The average molecular weight is 288 g/mol. The van der Waals surface area contributed by atoms with E-state index in [2.05, 4.69) is 0 Å². The summed E-state index contributed by atoms with van der Waals surface area (Å²) in [4.78, 5) is 20.8. The molecule has 0 spiro atoms. The number of carbonyl (C=O) groups excluding carboxylic acids is 2. The lowest BCUT2D eigenvalue weighted by Crippen LogP contribution is -2.02. The van der Waals surface area contributed by atoms with Gasteiger partial charge in [-0.05, 0) is 43.9 Å². The molecule has 3 heteroatoms. The molecule has 114 valence electrons. The molecule has 0 saturated heterocycles. The summed E-state index contributed by atoms with van der Waals surface area (Å²) in [5.74, 6) is 1.07. The highest BCUT2D eigenvalue weighted by Crippen LogP contribution is 2.12. The van der Waals surface area contributed by atoms with Crippen molar-refractivity contribution in [1.29, 1.82) is 0 Å². The van der Waals surface area contributed by atoms with Crippen molar-refractivity contribution in [3.8, 4) is 5.75 Å². The first-order chi connectivity index (χ1) is 10.2. The molecule has 0 aromatic heterocycles. The van der Waals surface area contributed by atoms with Gasteiger partial charge in [0, 0.05) is 19.3 Å². The molecule has 0 bridgehead atoms. The summed E-state index contributed by atoms with van der Waals surface area (Å²) < 4.78 is 0. The second-order valence-corrected chi connectivity index (χ2v) is 5.20. The molecule has 3 rings (SSSR count). The van der Waals surface area contributed by atoms with Gasteiger partial charge in [-0.3, -0.25) is 9.59 Å². The first-order valence-electron chi connectivity index (χ1n) is 7.63. The third kappa shape index (κ3) is 9.61. The van der Waals surface area contributed by atoms with Crippen LogP contribution >= 0.6 is 0 Å². The Morgan fingerprint density at radius 3 is 1.76 bits per heavy atom. The maximum atomic E-state index is 10.5. The fraction of sp³-hybridized carbons (Fsp3) is 0.444. The van der Waals surface area contributed by atoms with Crippen LogP contribution in [-0.2, 0) is 9.59 Å². The van der Waals surface area contributed by atoms with Gasteiger partial charge in [-0.2, -0.15) is 0 Å². The van der Waals surface area contributed by atoms with Crippen molar-refractivity contribution in [1.82, 2.24) is 0 Å². The van der Waals surface area contributed by atoms with Crippen LogP contribution in [0.5, 0.6) is 5.75 Å². The largest absolute Gasteiger partial charge is 0.508 e. The molecule has 2 aliphatic rings. The SMILES string of the molecule is O=C1C=CCCC1.O=C1CCCCC1.Oc1ccccc1. The lowest BCUT2D eigenvalue weighted by Gasteiger charge is -2.05. The first kappa shape index (κ1) is 17.2. The quantitative estimate of drug-likeness (QED) is 0.778. The van der Waals surface area contributed by atoms with Crippen LogP contribution < -0.4 is 0 Å². The summed E-state index contributed by atoms with van der Waals surface area (Å²) in [6, 6.07) is 8.71. The highest BCUT2D eigenvalue weighted by Gasteiger charge is 2.06. The zero-order chi connectivity index (χ0) is 15.3. The maximum absolute atomic E-state index is 10.5. The van der Waals surface area contributed by atoms with Crippen LogP contribution in [0, 0.1) is 0 Å². The van der Waals surface area contributed by atoms with Crippen LogP contribution in [0.1, 0.15) is 51.4 Å². The number of Topliss-reactive ketones (excluding diaryl/α,β-unsaturated/α-hetero) is 1. The van der Waals surface area contributed by atoms with Crippen molar-refractivity contribution < 1.29 is 14.7 Å². The minimum atomic E-state index is 0.284. The van der Waals surface area contributed by atoms with Gasteiger partial charge < -0.3 is 5.11 Å². The van der Waals surface area contributed by atoms with E-state index in [-0.39, 0.29) is 5.78 Å². The Labute approximate surface area is 126 Å². The highest BCUT2D eigenvalue weighted by molar-refractivity contribution is 5.90. The van der Waals surface area contributed by atoms with E-state index in [0.29, 0.717) is 11.5 Å². The number of aromatic hydroxyl groups is 1. The molecule has 0 radical (unpaired) electrons. The van der Waals surface area contributed by atoms with E-state index in [1.165, 1.54) is 6.42 Å². The second kappa shape index (κ2) is 10.8. The number of allylic oxidation sites excluding steroid dienone is 2. The average Bonchev–Trinajstić information content (AvgIpc) is 2.51. The van der Waals surface area contributed by atoms with E-state index in [0.717, 1.165) is 44.9 Å². The van der Waals surface area contributed by atoms with Crippen LogP contribution in [-0.4, -0.2) is 16.7 Å². The number of carbonyl (C=O) groups is 2. The van der Waals surface area contributed by atoms with Crippen LogP contribution in [0.4, 0.5) is 0 Å². The monoisotopic (exact) mass is 288 g/mol. The van der Waals surface area contributed by atoms with E-state index < -0.39 is 0 Å². The Kier molecular flexibility index (Phi) is 8.85. The van der Waals surface area contributed by atoms with Gasteiger partial charge in [0.15, 0.2) is 5.78 Å². The van der Waals surface area contributed by atoms with Gasteiger partial charge in [0.25, 0.3) is 0 Å². The number of para-hydroxylation sites is 1. The smallest absolute Gasteiger partial charge is 0.155 e. The minimum Gasteiger partial charge on any atom is -0.508 e. The summed E-state index contributed by atoms with van der Waals surface area (Å²) in [6.45, 7) is 0. The number of hydrogen-bond donors (Lipinski definition) is 1. The molecular weight excluding hydrogens is 264 g/mol. The molecule has 1 saturated carbocycles. The molecule has 1 N–H and O–H groups in total. The van der Waals surface area contributed by atoms with Gasteiger partial charge in [0.05, 0.1) is 0 Å². The van der Waals surface area contributed by atoms with Gasteiger partial charge >= 0.3 is 0 Å². The second-order valence-electron chi connectivity index (χ2n) is 5.20. The summed E-state index contributed by atoms with van der Waals surface area (Å²) in [5, 5.41) is 8.63. The first-order valence-corrected chi connectivity index (χ1v) is 7.63. The molecule has 0 unspecified atom stereocenters. The Balaban J connectivity index is 0.000000157. The van der Waals surface area contributed by atoms with E-state index >= 15 is 0 Å². The van der Waals surface area contributed by atoms with Gasteiger partial charge in [-0.25, -0.2) is 0 Å². The van der Waals surface area contributed by atoms with Gasteiger partial charge in [-0.1, -0.05) is 30.7 Å². The summed E-state index contributed by atoms with van der Waals surface area (Å²) in [6.07, 6.45) is 11.7. The normalized spacial score (nSPS) is 17.1. The number of ketones is 2. The lowest BCUT2D eigenvalue weighted by molar-refractivity contribution is -0.120. The maximum Gasteiger partial charge on any atom is 0.155 e. The zero-order valence-corrected chi connectivity index (χ0v) is 12.5. The van der Waals surface area contributed by atoms with Gasteiger partial charge in [0.2, 0.25) is 0 Å². The van der Waals surface area contributed by atoms with E-state index in [9.17, 15) is 9.59 Å². The molecule has 0 aliphatic heterocycles. The molecular formula is C18H24O3. The van der Waals surface area contributed by atoms with Crippen molar-refractivity contribution in [2.45, 2.75) is 51.4 Å².